The number of hydrogen-bond acceptors (Lipinski definition) is 9. The van der Waals surface area contributed by atoms with E-state index in [0.717, 1.165) is 61.1 Å². The Morgan fingerprint density at radius 1 is 0.824 bits per heavy atom. The van der Waals surface area contributed by atoms with Crippen LogP contribution in [0.2, 0.25) is 0 Å². The van der Waals surface area contributed by atoms with Crippen molar-refractivity contribution in [2.75, 3.05) is 55.5 Å². The molecular weight excluding hydrogens is 430 g/mol. The number of nitrogens with zero attached hydrogens (tertiary/aromatic N) is 6. The van der Waals surface area contributed by atoms with Gasteiger partial charge in [-0.3, -0.25) is 0 Å². The van der Waals surface area contributed by atoms with Crippen molar-refractivity contribution in [3.05, 3.63) is 66.7 Å². The summed E-state index contributed by atoms with van der Waals surface area (Å²) in [6, 6.07) is 14.1. The van der Waals surface area contributed by atoms with Crippen molar-refractivity contribution in [1.82, 2.24) is 19.9 Å². The van der Waals surface area contributed by atoms with Gasteiger partial charge in [0, 0.05) is 44.2 Å². The molecule has 9 heteroatoms. The second-order valence-corrected chi connectivity index (χ2v) is 8.01. The quantitative estimate of drug-likeness (QED) is 0.449. The maximum atomic E-state index is 5.48. The van der Waals surface area contributed by atoms with Crippen molar-refractivity contribution < 1.29 is 9.47 Å². The number of piperazine rings is 1. The lowest BCUT2D eigenvalue weighted by molar-refractivity contribution is 0.356. The Balaban J connectivity index is 1.25. The van der Waals surface area contributed by atoms with Crippen LogP contribution in [0.15, 0.2) is 61.2 Å². The standard InChI is InChI=1S/C25H27N7O2/c1-33-22-12-20-21(13-23(22)34-2)29-17-30-24(20)31-8-10-32(11-9-31)25-27-15-19(16-28-25)26-14-18-6-4-3-5-7-18/h3-7,12-13,15-17,26H,8-11,14H2,1-2H3. The fraction of sp³-hybridized carbons (Fsp3) is 0.280. The average molecular weight is 458 g/mol. The van der Waals surface area contributed by atoms with Crippen LogP contribution in [0, 0.1) is 0 Å². The van der Waals surface area contributed by atoms with E-state index in [1.807, 2.05) is 42.7 Å². The van der Waals surface area contributed by atoms with Crippen molar-refractivity contribution in [2.45, 2.75) is 6.54 Å². The number of hydrogen-bond donors (Lipinski definition) is 1. The van der Waals surface area contributed by atoms with E-state index >= 15 is 0 Å². The predicted octanol–water partition coefficient (Wildman–Crippen LogP) is 3.38. The van der Waals surface area contributed by atoms with Gasteiger partial charge in [-0.15, -0.1) is 0 Å². The van der Waals surface area contributed by atoms with Gasteiger partial charge in [-0.25, -0.2) is 19.9 Å². The molecule has 1 N–H and O–H groups in total. The molecule has 1 fully saturated rings. The third-order valence-corrected chi connectivity index (χ3v) is 5.96. The van der Waals surface area contributed by atoms with Crippen molar-refractivity contribution >= 4 is 28.4 Å². The Morgan fingerprint density at radius 3 is 2.21 bits per heavy atom. The summed E-state index contributed by atoms with van der Waals surface area (Å²) in [7, 11) is 3.26. The normalized spacial score (nSPS) is 13.7. The molecule has 0 bridgehead atoms. The first-order valence-corrected chi connectivity index (χ1v) is 11.2. The average Bonchev–Trinajstić information content (AvgIpc) is 2.91. The summed E-state index contributed by atoms with van der Waals surface area (Å²) >= 11 is 0. The molecule has 0 aliphatic carbocycles. The first-order chi connectivity index (χ1) is 16.7. The van der Waals surface area contributed by atoms with Gasteiger partial charge in [-0.05, 0) is 11.6 Å². The smallest absolute Gasteiger partial charge is 0.225 e. The van der Waals surface area contributed by atoms with Crippen LogP contribution in [0.1, 0.15) is 5.56 Å². The molecule has 0 amide bonds. The lowest BCUT2D eigenvalue weighted by Crippen LogP contribution is -2.47. The molecule has 0 unspecified atom stereocenters. The molecule has 0 saturated carbocycles. The lowest BCUT2D eigenvalue weighted by Gasteiger charge is -2.35. The number of methoxy groups -OCH3 is 2. The first kappa shape index (κ1) is 21.7. The van der Waals surface area contributed by atoms with Gasteiger partial charge < -0.3 is 24.6 Å². The highest BCUT2D eigenvalue weighted by atomic mass is 16.5. The number of fused-ring (bicyclic) bond motifs is 1. The van der Waals surface area contributed by atoms with Crippen LogP contribution in [0.25, 0.3) is 10.9 Å². The number of anilines is 3. The molecule has 2 aromatic carbocycles. The maximum absolute atomic E-state index is 5.48. The van der Waals surface area contributed by atoms with Gasteiger partial charge in [0.15, 0.2) is 11.5 Å². The topological polar surface area (TPSA) is 88.5 Å². The Hall–Kier alpha value is -4.14. The van der Waals surface area contributed by atoms with Crippen LogP contribution in [0.5, 0.6) is 11.5 Å². The van der Waals surface area contributed by atoms with Crippen LogP contribution >= 0.6 is 0 Å². The molecule has 174 valence electrons. The molecular formula is C25H27N7O2. The fourth-order valence-electron chi connectivity index (χ4n) is 4.12. The summed E-state index contributed by atoms with van der Waals surface area (Å²) in [5, 5.41) is 4.31. The SMILES string of the molecule is COc1cc2ncnc(N3CCN(c4ncc(NCc5ccccc5)cn4)CC3)c2cc1OC. The second-order valence-electron chi connectivity index (χ2n) is 8.01. The minimum atomic E-state index is 0.656. The van der Waals surface area contributed by atoms with E-state index < -0.39 is 0 Å². The van der Waals surface area contributed by atoms with Gasteiger partial charge in [0.1, 0.15) is 12.1 Å². The highest BCUT2D eigenvalue weighted by Crippen LogP contribution is 2.35. The summed E-state index contributed by atoms with van der Waals surface area (Å²) in [5.74, 6) is 2.96. The third kappa shape index (κ3) is 4.50. The molecule has 5 rings (SSSR count). The molecule has 0 atom stereocenters. The van der Waals surface area contributed by atoms with Crippen LogP contribution in [0.4, 0.5) is 17.5 Å². The molecule has 3 heterocycles. The fourth-order valence-corrected chi connectivity index (χ4v) is 4.12. The number of nitrogens with one attached hydrogen (secondary N) is 1. The van der Waals surface area contributed by atoms with E-state index in [0.29, 0.717) is 11.5 Å². The molecule has 0 radical (unpaired) electrons. The molecule has 1 aliphatic rings. The number of aromatic nitrogens is 4. The van der Waals surface area contributed by atoms with Crippen LogP contribution in [0.3, 0.4) is 0 Å². The second kappa shape index (κ2) is 9.78. The van der Waals surface area contributed by atoms with E-state index in [1.54, 1.807) is 20.5 Å². The Labute approximate surface area is 198 Å². The van der Waals surface area contributed by atoms with Crippen molar-refractivity contribution in [3.63, 3.8) is 0 Å². The van der Waals surface area contributed by atoms with E-state index in [2.05, 4.69) is 47.2 Å². The number of rotatable bonds is 7. The summed E-state index contributed by atoms with van der Waals surface area (Å²) in [6.07, 6.45) is 5.28. The van der Waals surface area contributed by atoms with Gasteiger partial charge >= 0.3 is 0 Å². The third-order valence-electron chi connectivity index (χ3n) is 5.96. The maximum Gasteiger partial charge on any atom is 0.225 e. The molecule has 1 saturated heterocycles. The first-order valence-electron chi connectivity index (χ1n) is 11.2. The number of ether oxygens (including phenoxy) is 2. The molecule has 1 aliphatic heterocycles. The molecule has 34 heavy (non-hydrogen) atoms. The van der Waals surface area contributed by atoms with Gasteiger partial charge in [0.25, 0.3) is 0 Å². The Kier molecular flexibility index (Phi) is 6.24. The van der Waals surface area contributed by atoms with Gasteiger partial charge in [0.2, 0.25) is 5.95 Å². The van der Waals surface area contributed by atoms with Crippen molar-refractivity contribution in [2.24, 2.45) is 0 Å². The highest BCUT2D eigenvalue weighted by molar-refractivity contribution is 5.92. The summed E-state index contributed by atoms with van der Waals surface area (Å²) < 4.78 is 10.9. The zero-order valence-corrected chi connectivity index (χ0v) is 19.3. The van der Waals surface area contributed by atoms with Crippen molar-refractivity contribution in [1.29, 1.82) is 0 Å². The van der Waals surface area contributed by atoms with Gasteiger partial charge in [-0.1, -0.05) is 30.3 Å². The predicted molar refractivity (Wildman–Crippen MR) is 133 cm³/mol. The Morgan fingerprint density at radius 2 is 1.50 bits per heavy atom. The summed E-state index contributed by atoms with van der Waals surface area (Å²) in [6.45, 7) is 3.95. The van der Waals surface area contributed by atoms with E-state index in [1.165, 1.54) is 5.56 Å². The minimum absolute atomic E-state index is 0.656. The summed E-state index contributed by atoms with van der Waals surface area (Å²) in [4.78, 5) is 22.6. The van der Waals surface area contributed by atoms with Crippen LogP contribution < -0.4 is 24.6 Å². The molecule has 0 spiro atoms. The van der Waals surface area contributed by atoms with Crippen molar-refractivity contribution in [3.8, 4) is 11.5 Å². The van der Waals surface area contributed by atoms with Gasteiger partial charge in [0.05, 0.1) is 37.8 Å². The van der Waals surface area contributed by atoms with Gasteiger partial charge in [-0.2, -0.15) is 0 Å². The monoisotopic (exact) mass is 457 g/mol. The molecule has 4 aromatic rings. The minimum Gasteiger partial charge on any atom is -0.493 e. The molecule has 2 aromatic heterocycles. The lowest BCUT2D eigenvalue weighted by atomic mass is 10.2. The zero-order chi connectivity index (χ0) is 23.3. The largest absolute Gasteiger partial charge is 0.493 e. The highest BCUT2D eigenvalue weighted by Gasteiger charge is 2.22. The summed E-state index contributed by atoms with van der Waals surface area (Å²) in [5.41, 5.74) is 2.95. The zero-order valence-electron chi connectivity index (χ0n) is 19.3. The van der Waals surface area contributed by atoms with E-state index in [9.17, 15) is 0 Å². The van der Waals surface area contributed by atoms with E-state index in [-0.39, 0.29) is 0 Å². The van der Waals surface area contributed by atoms with E-state index in [4.69, 9.17) is 9.47 Å². The Bertz CT molecular complexity index is 1240. The van der Waals surface area contributed by atoms with Crippen LogP contribution in [-0.2, 0) is 6.54 Å². The molecule has 9 nitrogen and oxygen atoms in total. The number of benzene rings is 2. The van der Waals surface area contributed by atoms with Crippen LogP contribution in [-0.4, -0.2) is 60.3 Å².